The smallest absolute Gasteiger partial charge is 0.243 e. The topological polar surface area (TPSA) is 128 Å². The molecule has 0 aliphatic rings. The summed E-state index contributed by atoms with van der Waals surface area (Å²) in [4.78, 5) is 32.4. The Labute approximate surface area is 105 Å². The second kappa shape index (κ2) is 10.5. The van der Waals surface area contributed by atoms with Crippen LogP contribution in [0.4, 0.5) is 0 Å². The average Bonchev–Trinajstić information content (AvgIpc) is 2.39. The van der Waals surface area contributed by atoms with Gasteiger partial charge < -0.3 is 5.32 Å². The summed E-state index contributed by atoms with van der Waals surface area (Å²) in [6.45, 7) is 0.473. The second-order valence-electron chi connectivity index (χ2n) is 3.73. The third kappa shape index (κ3) is 9.55. The summed E-state index contributed by atoms with van der Waals surface area (Å²) >= 11 is 0. The first kappa shape index (κ1) is 16.3. The van der Waals surface area contributed by atoms with Crippen molar-refractivity contribution in [3.05, 3.63) is 0 Å². The Hall–Kier alpha value is -1.67. The molecule has 0 saturated heterocycles. The summed E-state index contributed by atoms with van der Waals surface area (Å²) in [6.07, 6.45) is 2.33. The van der Waals surface area contributed by atoms with Crippen LogP contribution in [0.3, 0.4) is 0 Å². The van der Waals surface area contributed by atoms with Crippen LogP contribution in [0, 0.1) is 0 Å². The van der Waals surface area contributed by atoms with E-state index >= 15 is 0 Å². The van der Waals surface area contributed by atoms with Gasteiger partial charge in [0.2, 0.25) is 17.7 Å². The second-order valence-corrected chi connectivity index (χ2v) is 3.73. The summed E-state index contributed by atoms with van der Waals surface area (Å²) in [5, 5.41) is 19.0. The summed E-state index contributed by atoms with van der Waals surface area (Å²) in [6, 6.07) is 0. The standard InChI is InChI=1S/C10H19N3O5/c14-8(5-6-10(16)13-18)11-7-3-1-2-4-9(15)12-17/h17-18H,1-7H2,(H,11,14)(H,12,15)(H,13,16). The lowest BCUT2D eigenvalue weighted by Gasteiger charge is -2.04. The first-order valence-electron chi connectivity index (χ1n) is 5.72. The monoisotopic (exact) mass is 261 g/mol. The summed E-state index contributed by atoms with van der Waals surface area (Å²) < 4.78 is 0. The minimum atomic E-state index is -0.597. The molecular formula is C10H19N3O5. The zero-order valence-electron chi connectivity index (χ0n) is 10.1. The highest BCUT2D eigenvalue weighted by Crippen LogP contribution is 1.98. The van der Waals surface area contributed by atoms with E-state index in [9.17, 15) is 14.4 Å². The molecule has 0 fully saturated rings. The van der Waals surface area contributed by atoms with Gasteiger partial charge in [0.25, 0.3) is 0 Å². The summed E-state index contributed by atoms with van der Waals surface area (Å²) in [7, 11) is 0. The van der Waals surface area contributed by atoms with E-state index in [4.69, 9.17) is 10.4 Å². The largest absolute Gasteiger partial charge is 0.356 e. The molecule has 5 N–H and O–H groups in total. The number of nitrogens with one attached hydrogen (secondary N) is 3. The van der Waals surface area contributed by atoms with Crippen LogP contribution in [-0.4, -0.2) is 34.7 Å². The van der Waals surface area contributed by atoms with Gasteiger partial charge >= 0.3 is 0 Å². The van der Waals surface area contributed by atoms with Crippen LogP contribution in [-0.2, 0) is 14.4 Å². The van der Waals surface area contributed by atoms with Crippen molar-refractivity contribution < 1.29 is 24.8 Å². The molecule has 0 unspecified atom stereocenters. The van der Waals surface area contributed by atoms with E-state index in [1.165, 1.54) is 11.0 Å². The molecule has 0 aliphatic heterocycles. The zero-order valence-corrected chi connectivity index (χ0v) is 10.1. The minimum Gasteiger partial charge on any atom is -0.356 e. The number of rotatable bonds is 9. The Bertz CT molecular complexity index is 283. The molecule has 0 rings (SSSR count). The van der Waals surface area contributed by atoms with E-state index < -0.39 is 11.8 Å². The quantitative estimate of drug-likeness (QED) is 0.216. The first-order chi connectivity index (χ1) is 8.60. The van der Waals surface area contributed by atoms with E-state index in [1.54, 1.807) is 0 Å². The van der Waals surface area contributed by atoms with E-state index in [2.05, 4.69) is 5.32 Å². The predicted molar refractivity (Wildman–Crippen MR) is 60.6 cm³/mol. The van der Waals surface area contributed by atoms with Crippen molar-refractivity contribution >= 4 is 17.7 Å². The molecule has 0 spiro atoms. The number of hydrogen-bond acceptors (Lipinski definition) is 5. The molecule has 0 radical (unpaired) electrons. The molecule has 104 valence electrons. The molecule has 0 aromatic heterocycles. The number of unbranched alkanes of at least 4 members (excludes halogenated alkanes) is 2. The Balaban J connectivity index is 3.35. The third-order valence-corrected chi connectivity index (χ3v) is 2.23. The lowest BCUT2D eigenvalue weighted by molar-refractivity contribution is -0.131. The molecule has 0 aromatic rings. The fourth-order valence-corrected chi connectivity index (χ4v) is 1.24. The van der Waals surface area contributed by atoms with Gasteiger partial charge in [0.1, 0.15) is 0 Å². The number of hydroxylamine groups is 2. The summed E-state index contributed by atoms with van der Waals surface area (Å²) in [5.41, 5.74) is 2.98. The van der Waals surface area contributed by atoms with Gasteiger partial charge in [0.15, 0.2) is 0 Å². The van der Waals surface area contributed by atoms with Crippen molar-refractivity contribution in [3.8, 4) is 0 Å². The molecular weight excluding hydrogens is 242 g/mol. The van der Waals surface area contributed by atoms with Gasteiger partial charge in [0, 0.05) is 25.8 Å². The molecule has 8 nitrogen and oxygen atoms in total. The lowest BCUT2D eigenvalue weighted by Crippen LogP contribution is -2.27. The highest BCUT2D eigenvalue weighted by Gasteiger charge is 2.05. The van der Waals surface area contributed by atoms with E-state index in [1.807, 2.05) is 0 Å². The van der Waals surface area contributed by atoms with Crippen molar-refractivity contribution in [3.63, 3.8) is 0 Å². The van der Waals surface area contributed by atoms with Gasteiger partial charge in [-0.2, -0.15) is 0 Å². The molecule has 3 amide bonds. The van der Waals surface area contributed by atoms with Crippen molar-refractivity contribution in [1.82, 2.24) is 16.3 Å². The van der Waals surface area contributed by atoms with Gasteiger partial charge in [-0.15, -0.1) is 0 Å². The van der Waals surface area contributed by atoms with E-state index in [-0.39, 0.29) is 25.2 Å². The predicted octanol–water partition coefficient (Wildman–Crippen LogP) is -0.546. The number of carbonyl (C=O) groups excluding carboxylic acids is 3. The van der Waals surface area contributed by atoms with Crippen LogP contribution in [0.15, 0.2) is 0 Å². The van der Waals surface area contributed by atoms with Crippen molar-refractivity contribution in [2.75, 3.05) is 6.54 Å². The van der Waals surface area contributed by atoms with Crippen LogP contribution in [0.1, 0.15) is 38.5 Å². The molecule has 0 heterocycles. The fraction of sp³-hybridized carbons (Fsp3) is 0.700. The lowest BCUT2D eigenvalue weighted by atomic mass is 10.2. The average molecular weight is 261 g/mol. The van der Waals surface area contributed by atoms with Gasteiger partial charge in [-0.05, 0) is 12.8 Å². The Morgan fingerprint density at radius 3 is 1.89 bits per heavy atom. The molecule has 0 bridgehead atoms. The van der Waals surface area contributed by atoms with Crippen molar-refractivity contribution in [1.29, 1.82) is 0 Å². The molecule has 0 aliphatic carbocycles. The van der Waals surface area contributed by atoms with Gasteiger partial charge in [-0.1, -0.05) is 6.42 Å². The van der Waals surface area contributed by atoms with Crippen LogP contribution in [0.5, 0.6) is 0 Å². The van der Waals surface area contributed by atoms with Gasteiger partial charge in [0.05, 0.1) is 0 Å². The molecule has 8 heteroatoms. The number of carbonyl (C=O) groups is 3. The van der Waals surface area contributed by atoms with Gasteiger partial charge in [-0.25, -0.2) is 11.0 Å². The van der Waals surface area contributed by atoms with Crippen molar-refractivity contribution in [2.24, 2.45) is 0 Å². The zero-order chi connectivity index (χ0) is 13.8. The van der Waals surface area contributed by atoms with E-state index in [0.29, 0.717) is 13.0 Å². The van der Waals surface area contributed by atoms with Crippen LogP contribution >= 0.6 is 0 Å². The highest BCUT2D eigenvalue weighted by atomic mass is 16.5. The van der Waals surface area contributed by atoms with E-state index in [0.717, 1.165) is 12.8 Å². The maximum absolute atomic E-state index is 11.2. The molecule has 0 saturated carbocycles. The SMILES string of the molecule is O=C(CCCCCNC(=O)CCC(=O)NO)NO. The Morgan fingerprint density at radius 2 is 1.28 bits per heavy atom. The molecule has 0 atom stereocenters. The Morgan fingerprint density at radius 1 is 0.722 bits per heavy atom. The fourth-order valence-electron chi connectivity index (χ4n) is 1.24. The van der Waals surface area contributed by atoms with Crippen LogP contribution in [0.2, 0.25) is 0 Å². The maximum atomic E-state index is 11.2. The first-order valence-corrected chi connectivity index (χ1v) is 5.72. The molecule has 18 heavy (non-hydrogen) atoms. The van der Waals surface area contributed by atoms with Crippen LogP contribution in [0.25, 0.3) is 0 Å². The summed E-state index contributed by atoms with van der Waals surface area (Å²) in [5.74, 6) is -1.28. The Kier molecular flexibility index (Phi) is 9.51. The minimum absolute atomic E-state index is 0.0271. The molecule has 0 aromatic carbocycles. The van der Waals surface area contributed by atoms with Crippen molar-refractivity contribution in [2.45, 2.75) is 38.5 Å². The third-order valence-electron chi connectivity index (χ3n) is 2.23. The van der Waals surface area contributed by atoms with Crippen LogP contribution < -0.4 is 16.3 Å². The maximum Gasteiger partial charge on any atom is 0.243 e. The van der Waals surface area contributed by atoms with Gasteiger partial charge in [-0.3, -0.25) is 24.8 Å². The number of amides is 3. The highest BCUT2D eigenvalue weighted by molar-refractivity contribution is 5.83. The number of hydrogen-bond donors (Lipinski definition) is 5. The normalized spacial score (nSPS) is 9.67.